The van der Waals surface area contributed by atoms with Crippen LogP contribution in [0.1, 0.15) is 23.1 Å². The standard InChI is InChI=1S/C26H27N3O3S/c1-19-12-14-22(15-13-19)33(31,32)27-17-16-25(30)28-26-20(2)23-10-6-7-11-24(23)29(26)18-21-8-4-3-5-9-21/h3-15,27H,16-18H2,1-2H3,(H,28,30). The van der Waals surface area contributed by atoms with Crippen molar-refractivity contribution in [2.45, 2.75) is 31.7 Å². The first-order valence-electron chi connectivity index (χ1n) is 10.8. The average Bonchev–Trinajstić information content (AvgIpc) is 3.06. The first-order valence-corrected chi connectivity index (χ1v) is 12.3. The van der Waals surface area contributed by atoms with E-state index in [9.17, 15) is 13.2 Å². The van der Waals surface area contributed by atoms with Gasteiger partial charge < -0.3 is 9.88 Å². The fourth-order valence-corrected chi connectivity index (χ4v) is 4.89. The maximum Gasteiger partial charge on any atom is 0.240 e. The lowest BCUT2D eigenvalue weighted by Gasteiger charge is -2.13. The summed E-state index contributed by atoms with van der Waals surface area (Å²) in [6.45, 7) is 4.51. The zero-order chi connectivity index (χ0) is 23.4. The van der Waals surface area contributed by atoms with E-state index in [2.05, 4.69) is 26.7 Å². The lowest BCUT2D eigenvalue weighted by atomic mass is 10.2. The van der Waals surface area contributed by atoms with E-state index in [-0.39, 0.29) is 23.8 Å². The molecular formula is C26H27N3O3S. The highest BCUT2D eigenvalue weighted by Gasteiger charge is 2.18. The number of sulfonamides is 1. The van der Waals surface area contributed by atoms with Gasteiger partial charge in [0.05, 0.1) is 10.4 Å². The molecule has 1 heterocycles. The van der Waals surface area contributed by atoms with E-state index in [4.69, 9.17) is 0 Å². The average molecular weight is 462 g/mol. The number of anilines is 1. The van der Waals surface area contributed by atoms with E-state index in [1.807, 2.05) is 56.3 Å². The smallest absolute Gasteiger partial charge is 0.240 e. The first kappa shape index (κ1) is 22.8. The summed E-state index contributed by atoms with van der Waals surface area (Å²) in [5, 5.41) is 4.08. The molecule has 0 atom stereocenters. The molecule has 0 aliphatic rings. The van der Waals surface area contributed by atoms with Crippen LogP contribution in [0.3, 0.4) is 0 Å². The summed E-state index contributed by atoms with van der Waals surface area (Å²) in [6, 6.07) is 24.7. The Morgan fingerprint density at radius 1 is 0.879 bits per heavy atom. The van der Waals surface area contributed by atoms with Gasteiger partial charge in [0, 0.05) is 24.9 Å². The van der Waals surface area contributed by atoms with Gasteiger partial charge in [0.1, 0.15) is 5.82 Å². The van der Waals surface area contributed by atoms with E-state index in [1.54, 1.807) is 24.3 Å². The summed E-state index contributed by atoms with van der Waals surface area (Å²) in [5.74, 6) is 0.480. The van der Waals surface area contributed by atoms with Gasteiger partial charge in [0.15, 0.2) is 0 Å². The first-order chi connectivity index (χ1) is 15.8. The van der Waals surface area contributed by atoms with Gasteiger partial charge in [-0.1, -0.05) is 66.2 Å². The molecule has 0 fully saturated rings. The van der Waals surface area contributed by atoms with Crippen LogP contribution in [0.4, 0.5) is 5.82 Å². The minimum absolute atomic E-state index is 0.0139. The van der Waals surface area contributed by atoms with Gasteiger partial charge in [0.25, 0.3) is 0 Å². The normalized spacial score (nSPS) is 11.6. The van der Waals surface area contributed by atoms with Crippen molar-refractivity contribution in [3.63, 3.8) is 0 Å². The number of amides is 1. The highest BCUT2D eigenvalue weighted by molar-refractivity contribution is 7.89. The lowest BCUT2D eigenvalue weighted by Crippen LogP contribution is -2.28. The fourth-order valence-electron chi connectivity index (χ4n) is 3.86. The molecule has 7 heteroatoms. The highest BCUT2D eigenvalue weighted by Crippen LogP contribution is 2.30. The lowest BCUT2D eigenvalue weighted by molar-refractivity contribution is -0.116. The number of benzene rings is 3. The number of nitrogens with zero attached hydrogens (tertiary/aromatic N) is 1. The second-order valence-electron chi connectivity index (χ2n) is 8.07. The number of aromatic nitrogens is 1. The second-order valence-corrected chi connectivity index (χ2v) is 9.84. The van der Waals surface area contributed by atoms with Gasteiger partial charge >= 0.3 is 0 Å². The van der Waals surface area contributed by atoms with Crippen molar-refractivity contribution in [2.24, 2.45) is 0 Å². The summed E-state index contributed by atoms with van der Waals surface area (Å²) in [4.78, 5) is 12.9. The molecule has 0 unspecified atom stereocenters. The molecule has 0 aliphatic carbocycles. The van der Waals surface area contributed by atoms with Crippen LogP contribution in [0.25, 0.3) is 10.9 Å². The van der Waals surface area contributed by atoms with Crippen LogP contribution in [-0.2, 0) is 21.4 Å². The van der Waals surface area contributed by atoms with Crippen LogP contribution in [-0.4, -0.2) is 25.4 Å². The molecule has 1 aromatic heterocycles. The quantitative estimate of drug-likeness (QED) is 0.402. The summed E-state index contributed by atoms with van der Waals surface area (Å²) in [5.41, 5.74) is 4.12. The molecule has 6 nitrogen and oxygen atoms in total. The molecule has 4 aromatic rings. The van der Waals surface area contributed by atoms with E-state index < -0.39 is 10.0 Å². The van der Waals surface area contributed by atoms with Crippen molar-refractivity contribution in [1.82, 2.24) is 9.29 Å². The molecule has 0 radical (unpaired) electrons. The molecule has 1 amide bonds. The molecule has 3 aromatic carbocycles. The molecule has 170 valence electrons. The van der Waals surface area contributed by atoms with Crippen LogP contribution in [0.5, 0.6) is 0 Å². The summed E-state index contributed by atoms with van der Waals surface area (Å²) in [6.07, 6.45) is 0.0252. The highest BCUT2D eigenvalue weighted by atomic mass is 32.2. The van der Waals surface area contributed by atoms with Crippen LogP contribution in [0, 0.1) is 13.8 Å². The number of nitrogens with one attached hydrogen (secondary N) is 2. The molecule has 0 spiro atoms. The molecule has 0 saturated carbocycles. The predicted octanol–water partition coefficient (Wildman–Crippen LogP) is 4.61. The fraction of sp³-hybridized carbons (Fsp3) is 0.192. The number of para-hydroxylation sites is 1. The topological polar surface area (TPSA) is 80.2 Å². The van der Waals surface area contributed by atoms with E-state index >= 15 is 0 Å². The number of hydrogen-bond acceptors (Lipinski definition) is 3. The van der Waals surface area contributed by atoms with Gasteiger partial charge in [-0.2, -0.15) is 0 Å². The third-order valence-electron chi connectivity index (χ3n) is 5.64. The van der Waals surface area contributed by atoms with Crippen LogP contribution in [0.15, 0.2) is 83.8 Å². The Hall–Kier alpha value is -3.42. The van der Waals surface area contributed by atoms with Gasteiger partial charge in [-0.05, 0) is 43.2 Å². The number of carbonyl (C=O) groups excluding carboxylic acids is 1. The molecular weight excluding hydrogens is 434 g/mol. The Bertz CT molecular complexity index is 1380. The van der Waals surface area contributed by atoms with Crippen molar-refractivity contribution >= 4 is 32.7 Å². The summed E-state index contributed by atoms with van der Waals surface area (Å²) < 4.78 is 29.5. The van der Waals surface area contributed by atoms with Gasteiger partial charge in [-0.25, -0.2) is 13.1 Å². The Morgan fingerprint density at radius 3 is 2.27 bits per heavy atom. The maximum absolute atomic E-state index is 12.8. The van der Waals surface area contributed by atoms with Crippen molar-refractivity contribution in [1.29, 1.82) is 0 Å². The molecule has 0 saturated heterocycles. The number of fused-ring (bicyclic) bond motifs is 1. The van der Waals surface area contributed by atoms with Gasteiger partial charge in [-0.15, -0.1) is 0 Å². The number of hydrogen-bond donors (Lipinski definition) is 2. The zero-order valence-corrected chi connectivity index (χ0v) is 19.5. The number of aryl methyl sites for hydroxylation is 2. The van der Waals surface area contributed by atoms with Crippen LogP contribution < -0.4 is 10.0 Å². The van der Waals surface area contributed by atoms with Crippen molar-refractivity contribution in [3.8, 4) is 0 Å². The van der Waals surface area contributed by atoms with Crippen LogP contribution >= 0.6 is 0 Å². The van der Waals surface area contributed by atoms with E-state index in [1.165, 1.54) is 0 Å². The van der Waals surface area contributed by atoms with Crippen molar-refractivity contribution < 1.29 is 13.2 Å². The Balaban J connectivity index is 1.49. The minimum atomic E-state index is -3.66. The summed E-state index contributed by atoms with van der Waals surface area (Å²) in [7, 11) is -3.66. The third-order valence-corrected chi connectivity index (χ3v) is 7.12. The zero-order valence-electron chi connectivity index (χ0n) is 18.7. The van der Waals surface area contributed by atoms with Crippen molar-refractivity contribution in [2.75, 3.05) is 11.9 Å². The SMILES string of the molecule is Cc1ccc(S(=O)(=O)NCCC(=O)Nc2c(C)c3ccccc3n2Cc2ccccc2)cc1. The molecule has 4 rings (SSSR count). The molecule has 33 heavy (non-hydrogen) atoms. The predicted molar refractivity (Wildman–Crippen MR) is 132 cm³/mol. The van der Waals surface area contributed by atoms with Crippen LogP contribution in [0.2, 0.25) is 0 Å². The van der Waals surface area contributed by atoms with Crippen molar-refractivity contribution in [3.05, 3.63) is 95.6 Å². The second kappa shape index (κ2) is 9.60. The van der Waals surface area contributed by atoms with Gasteiger partial charge in [-0.3, -0.25) is 4.79 Å². The van der Waals surface area contributed by atoms with Gasteiger partial charge in [0.2, 0.25) is 15.9 Å². The Kier molecular flexibility index (Phi) is 6.62. The van der Waals surface area contributed by atoms with E-state index in [0.717, 1.165) is 33.4 Å². The Labute approximate surface area is 194 Å². The monoisotopic (exact) mass is 461 g/mol. The third kappa shape index (κ3) is 5.16. The largest absolute Gasteiger partial charge is 0.323 e. The Morgan fingerprint density at radius 2 is 1.55 bits per heavy atom. The minimum Gasteiger partial charge on any atom is -0.323 e. The number of rotatable bonds is 8. The maximum atomic E-state index is 12.8. The number of carbonyl (C=O) groups is 1. The molecule has 0 aliphatic heterocycles. The summed E-state index contributed by atoms with van der Waals surface area (Å²) >= 11 is 0. The molecule has 0 bridgehead atoms. The molecule has 2 N–H and O–H groups in total. The van der Waals surface area contributed by atoms with E-state index in [0.29, 0.717) is 6.54 Å².